The smallest absolute Gasteiger partial charge is 0.331 e. The lowest BCUT2D eigenvalue weighted by Gasteiger charge is -2.19. The zero-order chi connectivity index (χ0) is 17.5. The van der Waals surface area contributed by atoms with Gasteiger partial charge in [0.1, 0.15) is 5.82 Å². The molecule has 1 aliphatic carbocycles. The molecule has 1 aromatic carbocycles. The van der Waals surface area contributed by atoms with Crippen LogP contribution in [0.1, 0.15) is 32.3 Å². The van der Waals surface area contributed by atoms with E-state index in [1.807, 2.05) is 0 Å². The van der Waals surface area contributed by atoms with Crippen LogP contribution in [0.3, 0.4) is 0 Å². The maximum Gasteiger partial charge on any atom is 0.331 e. The van der Waals surface area contributed by atoms with E-state index in [0.717, 1.165) is 0 Å². The van der Waals surface area contributed by atoms with E-state index in [9.17, 15) is 19.1 Å². The van der Waals surface area contributed by atoms with Gasteiger partial charge in [0, 0.05) is 11.8 Å². The number of rotatable bonds is 5. The Kier molecular flexibility index (Phi) is 3.66. The third-order valence-electron chi connectivity index (χ3n) is 4.51. The maximum atomic E-state index is 14.0. The van der Waals surface area contributed by atoms with Crippen LogP contribution in [0.2, 0.25) is 0 Å². The van der Waals surface area contributed by atoms with Crippen LogP contribution < -0.4 is 5.32 Å². The van der Waals surface area contributed by atoms with Gasteiger partial charge >= 0.3 is 5.97 Å². The van der Waals surface area contributed by atoms with Crippen LogP contribution in [0.25, 0.3) is 0 Å². The van der Waals surface area contributed by atoms with E-state index in [1.165, 1.54) is 37.0 Å². The first-order valence-electron chi connectivity index (χ1n) is 7.62. The molecule has 126 valence electrons. The molecule has 1 fully saturated rings. The Morgan fingerprint density at radius 3 is 2.58 bits per heavy atom. The minimum Gasteiger partial charge on any atom is -0.479 e. The Morgan fingerprint density at radius 1 is 1.33 bits per heavy atom. The molecule has 6 nitrogen and oxygen atoms in total. The number of anilines is 1. The van der Waals surface area contributed by atoms with Crippen molar-refractivity contribution in [2.75, 3.05) is 5.32 Å². The molecule has 0 radical (unpaired) electrons. The van der Waals surface area contributed by atoms with Gasteiger partial charge < -0.3 is 10.4 Å². The monoisotopic (exact) mass is 331 g/mol. The molecular weight excluding hydrogens is 313 g/mol. The molecule has 1 saturated carbocycles. The molecule has 1 amide bonds. The van der Waals surface area contributed by atoms with Crippen molar-refractivity contribution in [3.63, 3.8) is 0 Å². The largest absolute Gasteiger partial charge is 0.479 e. The van der Waals surface area contributed by atoms with E-state index in [0.29, 0.717) is 24.1 Å². The number of carbonyl (C=O) groups is 2. The van der Waals surface area contributed by atoms with Crippen LogP contribution in [-0.2, 0) is 20.5 Å². The summed E-state index contributed by atoms with van der Waals surface area (Å²) in [5.74, 6) is -1.73. The first-order valence-corrected chi connectivity index (χ1v) is 7.62. The molecule has 0 bridgehead atoms. The van der Waals surface area contributed by atoms with Crippen molar-refractivity contribution >= 4 is 17.6 Å². The average Bonchev–Trinajstić information content (AvgIpc) is 3.20. The number of nitrogens with one attached hydrogen (secondary N) is 1. The maximum absolute atomic E-state index is 14.0. The Hall–Kier alpha value is -2.70. The lowest BCUT2D eigenvalue weighted by atomic mass is 9.94. The number of benzene rings is 1. The van der Waals surface area contributed by atoms with Crippen molar-refractivity contribution in [2.24, 2.45) is 0 Å². The standard InChI is InChI=1S/C17H18FN3O3/c1-16(2,15(23)24)21-10-11(9-19-21)20-14(22)17(7-8-17)12-5-3-4-6-13(12)18/h3-6,9-10H,7-8H2,1-2H3,(H,20,22)(H,23,24). The number of nitrogens with zero attached hydrogens (tertiary/aromatic N) is 2. The SMILES string of the molecule is CC(C)(C(=O)O)n1cc(NC(=O)C2(c3ccccc3F)CC2)cn1. The molecule has 0 atom stereocenters. The van der Waals surface area contributed by atoms with Crippen molar-refractivity contribution < 1.29 is 19.1 Å². The normalized spacial score (nSPS) is 15.8. The quantitative estimate of drug-likeness (QED) is 0.882. The predicted molar refractivity (Wildman–Crippen MR) is 85.1 cm³/mol. The van der Waals surface area contributed by atoms with E-state index in [2.05, 4.69) is 10.4 Å². The van der Waals surface area contributed by atoms with Gasteiger partial charge in [0.15, 0.2) is 5.54 Å². The predicted octanol–water partition coefficient (Wildman–Crippen LogP) is 2.51. The summed E-state index contributed by atoms with van der Waals surface area (Å²) in [6.45, 7) is 3.02. The number of carboxylic acids is 1. The van der Waals surface area contributed by atoms with Gasteiger partial charge in [-0.15, -0.1) is 0 Å². The van der Waals surface area contributed by atoms with Crippen LogP contribution >= 0.6 is 0 Å². The second-order valence-electron chi connectivity index (χ2n) is 6.55. The van der Waals surface area contributed by atoms with Gasteiger partial charge in [-0.25, -0.2) is 9.18 Å². The number of carboxylic acid groups (broad SMARTS) is 1. The minimum atomic E-state index is -1.23. The molecule has 7 heteroatoms. The molecule has 0 unspecified atom stereocenters. The van der Waals surface area contributed by atoms with E-state index in [4.69, 9.17) is 0 Å². The van der Waals surface area contributed by atoms with Crippen LogP contribution in [0.15, 0.2) is 36.7 Å². The van der Waals surface area contributed by atoms with Gasteiger partial charge in [0.2, 0.25) is 5.91 Å². The van der Waals surface area contributed by atoms with Crippen LogP contribution in [0.5, 0.6) is 0 Å². The second-order valence-corrected chi connectivity index (χ2v) is 6.55. The van der Waals surface area contributed by atoms with Crippen molar-refractivity contribution in [2.45, 2.75) is 37.6 Å². The molecule has 1 heterocycles. The number of amides is 1. The van der Waals surface area contributed by atoms with Gasteiger partial charge in [0.05, 0.1) is 17.3 Å². The second kappa shape index (κ2) is 5.43. The Bertz CT molecular complexity index is 809. The summed E-state index contributed by atoms with van der Waals surface area (Å²) in [6.07, 6.45) is 4.01. The molecule has 1 aliphatic rings. The Morgan fingerprint density at radius 2 is 2.00 bits per heavy atom. The first-order chi connectivity index (χ1) is 11.3. The van der Waals surface area contributed by atoms with E-state index in [1.54, 1.807) is 18.2 Å². The highest BCUT2D eigenvalue weighted by Crippen LogP contribution is 2.49. The number of halogens is 1. The number of hydrogen-bond acceptors (Lipinski definition) is 3. The summed E-state index contributed by atoms with van der Waals surface area (Å²) in [5.41, 5.74) is -1.31. The lowest BCUT2D eigenvalue weighted by Crippen LogP contribution is -2.36. The fourth-order valence-electron chi connectivity index (χ4n) is 2.63. The number of aliphatic carboxylic acids is 1. The van der Waals surface area contributed by atoms with Crippen molar-refractivity contribution in [3.8, 4) is 0 Å². The van der Waals surface area contributed by atoms with Gasteiger partial charge in [-0.3, -0.25) is 9.48 Å². The van der Waals surface area contributed by atoms with Crippen molar-refractivity contribution in [1.29, 1.82) is 0 Å². The molecule has 24 heavy (non-hydrogen) atoms. The molecule has 0 spiro atoms. The number of hydrogen-bond donors (Lipinski definition) is 2. The summed E-state index contributed by atoms with van der Waals surface area (Å²) in [6, 6.07) is 6.26. The summed E-state index contributed by atoms with van der Waals surface area (Å²) < 4.78 is 15.3. The number of aromatic nitrogens is 2. The van der Waals surface area contributed by atoms with Gasteiger partial charge in [0.25, 0.3) is 0 Å². The highest BCUT2D eigenvalue weighted by atomic mass is 19.1. The summed E-state index contributed by atoms with van der Waals surface area (Å²) >= 11 is 0. The van der Waals surface area contributed by atoms with Gasteiger partial charge in [-0.2, -0.15) is 5.10 Å². The average molecular weight is 331 g/mol. The van der Waals surface area contributed by atoms with E-state index >= 15 is 0 Å². The topological polar surface area (TPSA) is 84.2 Å². The fourth-order valence-corrected chi connectivity index (χ4v) is 2.63. The fraction of sp³-hybridized carbons (Fsp3) is 0.353. The molecule has 0 saturated heterocycles. The summed E-state index contributed by atoms with van der Waals surface area (Å²) in [4.78, 5) is 23.9. The van der Waals surface area contributed by atoms with Gasteiger partial charge in [-0.1, -0.05) is 18.2 Å². The molecule has 0 aliphatic heterocycles. The minimum absolute atomic E-state index is 0.305. The molecular formula is C17H18FN3O3. The van der Waals surface area contributed by atoms with Gasteiger partial charge in [-0.05, 0) is 32.8 Å². The van der Waals surface area contributed by atoms with Crippen LogP contribution in [-0.4, -0.2) is 26.8 Å². The molecule has 2 N–H and O–H groups in total. The van der Waals surface area contributed by atoms with Crippen molar-refractivity contribution in [3.05, 3.63) is 48.0 Å². The number of carbonyl (C=O) groups excluding carboxylic acids is 1. The molecule has 1 aromatic heterocycles. The third-order valence-corrected chi connectivity index (χ3v) is 4.51. The highest BCUT2D eigenvalue weighted by molar-refractivity contribution is 6.01. The van der Waals surface area contributed by atoms with Crippen molar-refractivity contribution in [1.82, 2.24) is 9.78 Å². The third kappa shape index (κ3) is 2.55. The van der Waals surface area contributed by atoms with Crippen LogP contribution in [0.4, 0.5) is 10.1 Å². The zero-order valence-electron chi connectivity index (χ0n) is 13.4. The van der Waals surface area contributed by atoms with Crippen LogP contribution in [0, 0.1) is 5.82 Å². The molecule has 3 rings (SSSR count). The zero-order valence-corrected chi connectivity index (χ0v) is 13.4. The molecule has 2 aromatic rings. The summed E-state index contributed by atoms with van der Waals surface area (Å²) in [7, 11) is 0. The lowest BCUT2D eigenvalue weighted by molar-refractivity contribution is -0.146. The van der Waals surface area contributed by atoms with E-state index in [-0.39, 0.29) is 5.91 Å². The Balaban J connectivity index is 1.80. The highest BCUT2D eigenvalue weighted by Gasteiger charge is 2.52. The Labute approximate surface area is 138 Å². The summed E-state index contributed by atoms with van der Waals surface area (Å²) in [5, 5.41) is 15.9. The van der Waals surface area contributed by atoms with E-state index < -0.39 is 22.7 Å². The first kappa shape index (κ1) is 16.2.